The van der Waals surface area contributed by atoms with Gasteiger partial charge in [-0.15, -0.1) is 0 Å². The number of rotatable bonds is 50. The van der Waals surface area contributed by atoms with Crippen LogP contribution in [0.2, 0.25) is 0 Å². The maximum atomic E-state index is 12.8. The van der Waals surface area contributed by atoms with Crippen molar-refractivity contribution in [2.45, 2.75) is 271 Å². The van der Waals surface area contributed by atoms with Crippen LogP contribution in [0.5, 0.6) is 0 Å². The highest BCUT2D eigenvalue weighted by Crippen LogP contribution is 2.14. The first-order valence-electron chi connectivity index (χ1n) is 28.1. The maximum Gasteiger partial charge on any atom is 0.306 e. The minimum Gasteiger partial charge on any atom is -0.462 e. The van der Waals surface area contributed by atoms with Crippen LogP contribution >= 0.6 is 0 Å². The van der Waals surface area contributed by atoms with Crippen LogP contribution in [0, 0.1) is 0 Å². The summed E-state index contributed by atoms with van der Waals surface area (Å²) in [5.74, 6) is -0.935. The molecule has 0 amide bonds. The Kier molecular flexibility index (Phi) is 52.4. The second kappa shape index (κ2) is 55.2. The molecular weight excluding hydrogens is 829 g/mol. The van der Waals surface area contributed by atoms with Gasteiger partial charge in [0.25, 0.3) is 0 Å². The van der Waals surface area contributed by atoms with Crippen molar-refractivity contribution in [1.82, 2.24) is 0 Å². The molecule has 0 aliphatic heterocycles. The molecule has 0 bridgehead atoms. The molecule has 0 aromatic carbocycles. The van der Waals surface area contributed by atoms with Crippen LogP contribution in [0.25, 0.3) is 0 Å². The molecule has 0 spiro atoms. The fraction of sp³-hybridized carbons (Fsp3) is 0.721. The lowest BCUT2D eigenvalue weighted by molar-refractivity contribution is -0.167. The van der Waals surface area contributed by atoms with Crippen molar-refractivity contribution >= 4 is 17.9 Å². The fourth-order valence-corrected chi connectivity index (χ4v) is 7.63. The first-order chi connectivity index (χ1) is 33.0. The topological polar surface area (TPSA) is 78.9 Å². The predicted molar refractivity (Wildman–Crippen MR) is 288 cm³/mol. The van der Waals surface area contributed by atoms with Crippen molar-refractivity contribution in [3.8, 4) is 0 Å². The molecular formula is C61H104O6. The molecule has 0 unspecified atom stereocenters. The number of hydrogen-bond donors (Lipinski definition) is 0. The van der Waals surface area contributed by atoms with Crippen molar-refractivity contribution in [2.75, 3.05) is 13.2 Å². The zero-order chi connectivity index (χ0) is 48.6. The summed E-state index contributed by atoms with van der Waals surface area (Å²) in [6, 6.07) is 0. The molecule has 0 aliphatic carbocycles. The lowest BCUT2D eigenvalue weighted by Crippen LogP contribution is -2.30. The molecule has 0 aliphatic rings. The summed E-state index contributed by atoms with van der Waals surface area (Å²) in [5, 5.41) is 0. The van der Waals surface area contributed by atoms with Gasteiger partial charge in [-0.05, 0) is 116 Å². The third-order valence-electron chi connectivity index (χ3n) is 11.9. The summed E-state index contributed by atoms with van der Waals surface area (Å²) < 4.78 is 16.8. The van der Waals surface area contributed by atoms with Gasteiger partial charge in [0.1, 0.15) is 13.2 Å². The minimum atomic E-state index is -0.796. The smallest absolute Gasteiger partial charge is 0.306 e. The van der Waals surface area contributed by atoms with Gasteiger partial charge < -0.3 is 14.2 Å². The molecule has 0 rings (SSSR count). The van der Waals surface area contributed by atoms with Crippen molar-refractivity contribution in [1.29, 1.82) is 0 Å². The van der Waals surface area contributed by atoms with Crippen LogP contribution in [0.15, 0.2) is 85.1 Å². The second-order valence-corrected chi connectivity index (χ2v) is 18.5. The highest BCUT2D eigenvalue weighted by molar-refractivity contribution is 5.71. The zero-order valence-electron chi connectivity index (χ0n) is 43.9. The first kappa shape index (κ1) is 63.6. The number of hydrogen-bond acceptors (Lipinski definition) is 6. The number of carbonyl (C=O) groups is 3. The number of allylic oxidation sites excluding steroid dienone is 14. The molecule has 0 saturated heterocycles. The standard InChI is InChI=1S/C61H104O6/c1-4-7-10-13-16-19-22-25-27-29-30-32-34-37-39-42-45-48-51-54-60(63)66-57-58(67-61(64)55-52-49-46-43-40-35-24-21-18-15-12-9-6-3)56-65-59(62)53-50-47-44-41-38-36-33-31-28-26-23-20-17-14-11-8-5-2/h7,10,16,19,21,24-28,30,32,37,39,58H,4-6,8-9,11-15,17-18,20,22-23,29,31,33-36,38,40-57H2,1-3H3/b10-7-,19-16-,24-21-,27-25-,28-26-,32-30-,39-37-/t58-/m0/s1. The van der Waals surface area contributed by atoms with E-state index in [1.807, 2.05) is 0 Å². The van der Waals surface area contributed by atoms with Gasteiger partial charge >= 0.3 is 17.9 Å². The Morgan fingerprint density at radius 1 is 0.313 bits per heavy atom. The van der Waals surface area contributed by atoms with Gasteiger partial charge in [0, 0.05) is 19.3 Å². The Hall–Kier alpha value is -3.41. The first-order valence-corrected chi connectivity index (χ1v) is 28.1. The second-order valence-electron chi connectivity index (χ2n) is 18.5. The molecule has 0 aromatic heterocycles. The highest BCUT2D eigenvalue weighted by Gasteiger charge is 2.19. The Balaban J connectivity index is 4.44. The van der Waals surface area contributed by atoms with Gasteiger partial charge in [0.05, 0.1) is 0 Å². The van der Waals surface area contributed by atoms with Gasteiger partial charge in [-0.1, -0.05) is 215 Å². The zero-order valence-corrected chi connectivity index (χ0v) is 43.9. The van der Waals surface area contributed by atoms with E-state index in [0.717, 1.165) is 109 Å². The SMILES string of the molecule is CC/C=C\C/C=C\C/C=C\C/C=C\C/C=C\CCCCCC(=O)OC[C@H](COC(=O)CCCCCCCCC/C=C\CCCCCCCC)OC(=O)CCCCCCC/C=C\CCCCCC. The summed E-state index contributed by atoms with van der Waals surface area (Å²) in [6.07, 6.45) is 71.4. The molecule has 0 N–H and O–H groups in total. The van der Waals surface area contributed by atoms with Gasteiger partial charge in [-0.25, -0.2) is 0 Å². The molecule has 1 atom stereocenters. The third-order valence-corrected chi connectivity index (χ3v) is 11.9. The van der Waals surface area contributed by atoms with E-state index in [0.29, 0.717) is 19.3 Å². The summed E-state index contributed by atoms with van der Waals surface area (Å²) in [7, 11) is 0. The third kappa shape index (κ3) is 53.4. The van der Waals surface area contributed by atoms with Crippen molar-refractivity contribution in [3.63, 3.8) is 0 Å². The van der Waals surface area contributed by atoms with E-state index in [1.54, 1.807) is 0 Å². The fourth-order valence-electron chi connectivity index (χ4n) is 7.63. The van der Waals surface area contributed by atoms with Crippen LogP contribution in [0.4, 0.5) is 0 Å². The van der Waals surface area contributed by atoms with Crippen molar-refractivity contribution in [3.05, 3.63) is 85.1 Å². The monoisotopic (exact) mass is 933 g/mol. The number of carbonyl (C=O) groups excluding carboxylic acids is 3. The van der Waals surface area contributed by atoms with Gasteiger partial charge in [-0.2, -0.15) is 0 Å². The Labute approximate surface area is 414 Å². The average molecular weight is 933 g/mol. The lowest BCUT2D eigenvalue weighted by atomic mass is 10.1. The van der Waals surface area contributed by atoms with Crippen LogP contribution in [-0.2, 0) is 28.6 Å². The molecule has 6 heteroatoms. The van der Waals surface area contributed by atoms with Crippen LogP contribution in [0.3, 0.4) is 0 Å². The number of esters is 3. The maximum absolute atomic E-state index is 12.8. The summed E-state index contributed by atoms with van der Waals surface area (Å²) in [6.45, 7) is 6.48. The molecule has 6 nitrogen and oxygen atoms in total. The van der Waals surface area contributed by atoms with E-state index in [2.05, 4.69) is 106 Å². The minimum absolute atomic E-state index is 0.0926. The molecule has 384 valence electrons. The molecule has 0 heterocycles. The van der Waals surface area contributed by atoms with E-state index < -0.39 is 6.10 Å². The molecule has 67 heavy (non-hydrogen) atoms. The van der Waals surface area contributed by atoms with Crippen LogP contribution in [0.1, 0.15) is 265 Å². The normalized spacial score (nSPS) is 12.7. The Morgan fingerprint density at radius 2 is 0.582 bits per heavy atom. The van der Waals surface area contributed by atoms with Crippen LogP contribution < -0.4 is 0 Å². The largest absolute Gasteiger partial charge is 0.462 e. The summed E-state index contributed by atoms with van der Waals surface area (Å²) >= 11 is 0. The van der Waals surface area contributed by atoms with Gasteiger partial charge in [-0.3, -0.25) is 14.4 Å². The summed E-state index contributed by atoms with van der Waals surface area (Å²) in [4.78, 5) is 38.1. The summed E-state index contributed by atoms with van der Waals surface area (Å²) in [5.41, 5.74) is 0. The van der Waals surface area contributed by atoms with E-state index in [9.17, 15) is 14.4 Å². The number of ether oxygens (including phenoxy) is 3. The molecule has 0 saturated carbocycles. The molecule has 0 fully saturated rings. The highest BCUT2D eigenvalue weighted by atomic mass is 16.6. The van der Waals surface area contributed by atoms with E-state index in [-0.39, 0.29) is 31.1 Å². The number of unbranched alkanes of at least 4 members (excludes halogenated alkanes) is 25. The Bertz CT molecular complexity index is 1300. The quantitative estimate of drug-likeness (QED) is 0.0262. The van der Waals surface area contributed by atoms with E-state index in [1.165, 1.54) is 116 Å². The van der Waals surface area contributed by atoms with E-state index >= 15 is 0 Å². The van der Waals surface area contributed by atoms with E-state index in [4.69, 9.17) is 14.2 Å². The van der Waals surface area contributed by atoms with Gasteiger partial charge in [0.2, 0.25) is 0 Å². The predicted octanol–water partition coefficient (Wildman–Crippen LogP) is 18.8. The van der Waals surface area contributed by atoms with Crippen molar-refractivity contribution in [2.24, 2.45) is 0 Å². The average Bonchev–Trinajstić information content (AvgIpc) is 3.33. The Morgan fingerprint density at radius 3 is 0.955 bits per heavy atom. The molecule has 0 aromatic rings. The lowest BCUT2D eigenvalue weighted by Gasteiger charge is -2.18. The van der Waals surface area contributed by atoms with Crippen LogP contribution in [-0.4, -0.2) is 37.2 Å². The van der Waals surface area contributed by atoms with Crippen molar-refractivity contribution < 1.29 is 28.6 Å². The van der Waals surface area contributed by atoms with Gasteiger partial charge in [0.15, 0.2) is 6.10 Å². The molecule has 0 radical (unpaired) electrons.